The van der Waals surface area contributed by atoms with Crippen molar-refractivity contribution >= 4 is 34.3 Å². The van der Waals surface area contributed by atoms with E-state index >= 15 is 0 Å². The fourth-order valence-electron chi connectivity index (χ4n) is 5.51. The molecule has 1 aromatic heterocycles. The van der Waals surface area contributed by atoms with Gasteiger partial charge < -0.3 is 19.7 Å². The lowest BCUT2D eigenvalue weighted by molar-refractivity contribution is -0.137. The van der Waals surface area contributed by atoms with Crippen molar-refractivity contribution in [2.75, 3.05) is 18.0 Å². The molecule has 0 spiro atoms. The number of carboxylic acids is 1. The van der Waals surface area contributed by atoms with Gasteiger partial charge in [0.2, 0.25) is 0 Å². The summed E-state index contributed by atoms with van der Waals surface area (Å²) in [7, 11) is 0. The van der Waals surface area contributed by atoms with Gasteiger partial charge in [0.15, 0.2) is 5.78 Å². The molecular weight excluding hydrogens is 508 g/mol. The van der Waals surface area contributed by atoms with E-state index in [2.05, 4.69) is 31.0 Å². The number of fused-ring (bicyclic) bond motifs is 2. The van der Waals surface area contributed by atoms with Gasteiger partial charge >= 0.3 is 11.6 Å². The third-order valence-corrected chi connectivity index (χ3v) is 7.44. The van der Waals surface area contributed by atoms with E-state index in [9.17, 15) is 19.2 Å². The van der Waals surface area contributed by atoms with Crippen molar-refractivity contribution in [3.63, 3.8) is 0 Å². The lowest BCUT2D eigenvalue weighted by Crippen LogP contribution is -2.48. The van der Waals surface area contributed by atoms with E-state index in [1.807, 2.05) is 42.5 Å². The van der Waals surface area contributed by atoms with E-state index in [1.54, 1.807) is 18.2 Å². The minimum Gasteiger partial charge on any atom is -0.481 e. The van der Waals surface area contributed by atoms with Crippen LogP contribution < -0.4 is 15.8 Å². The average molecular weight is 545 g/mol. The summed E-state index contributed by atoms with van der Waals surface area (Å²) < 4.78 is 5.60. The molecule has 8 nitrogen and oxygen atoms in total. The number of hydrogen-bond acceptors (Lipinski definition) is 6. The highest BCUT2D eigenvalue weighted by Crippen LogP contribution is 2.45. The highest BCUT2D eigenvalue weighted by atomic mass is 16.4. The molecule has 210 valence electrons. The first-order valence-corrected chi connectivity index (χ1v) is 13.7. The normalized spacial score (nSPS) is 19.2. The highest BCUT2D eigenvalue weighted by molar-refractivity contribution is 5.99. The minimum atomic E-state index is -0.829. The van der Waals surface area contributed by atoms with Crippen LogP contribution in [-0.4, -0.2) is 41.4 Å². The minimum absolute atomic E-state index is 0.0188. The predicted molar refractivity (Wildman–Crippen MR) is 156 cm³/mol. The number of benzene rings is 1. The summed E-state index contributed by atoms with van der Waals surface area (Å²) in [5.74, 6) is -1.16. The fraction of sp³-hybridized carbons (Fsp3) is 0.375. The third-order valence-electron chi connectivity index (χ3n) is 7.44. The van der Waals surface area contributed by atoms with Gasteiger partial charge in [-0.25, -0.2) is 4.79 Å². The molecule has 0 radical (unpaired) electrons. The van der Waals surface area contributed by atoms with E-state index in [0.717, 1.165) is 17.7 Å². The fourth-order valence-corrected chi connectivity index (χ4v) is 5.51. The molecule has 1 atom stereocenters. The van der Waals surface area contributed by atoms with Crippen LogP contribution >= 0.6 is 0 Å². The van der Waals surface area contributed by atoms with Crippen molar-refractivity contribution in [2.24, 2.45) is 0 Å². The number of rotatable bonds is 10. The summed E-state index contributed by atoms with van der Waals surface area (Å²) in [6, 6.07) is 5.36. The number of aliphatic carboxylic acids is 1. The standard InChI is InChI=1S/C32H36N2O6/c1-21-20-32(2,3)34(16-10-14-29(36)37)26-19-28-23(17-24(21)26)18-25(31(39)40-28)30(38)33-15-9-13-27(35)22-11-7-5-4-6-8-12-22/h4-8,11-12,17-19,21H,9-10,13-16,20H2,1-3H3,(H,33,38)(H,36,37)/b5-4-,6-4?,7-5?,8-6-,11-7?,12-8?,22-11?,22-12?. The lowest BCUT2D eigenvalue weighted by atomic mass is 9.79. The Morgan fingerprint density at radius 2 is 1.80 bits per heavy atom. The summed E-state index contributed by atoms with van der Waals surface area (Å²) in [6.45, 7) is 7.22. The quantitative estimate of drug-likeness (QED) is 0.302. The van der Waals surface area contributed by atoms with Crippen molar-refractivity contribution in [2.45, 2.75) is 64.3 Å². The predicted octanol–water partition coefficient (Wildman–Crippen LogP) is 5.44. The van der Waals surface area contributed by atoms with Gasteiger partial charge in [0, 0.05) is 54.2 Å². The van der Waals surface area contributed by atoms with Crippen LogP contribution in [0.3, 0.4) is 0 Å². The van der Waals surface area contributed by atoms with Crippen LogP contribution in [0.4, 0.5) is 5.69 Å². The molecule has 0 bridgehead atoms. The Morgan fingerprint density at radius 1 is 1.05 bits per heavy atom. The van der Waals surface area contributed by atoms with E-state index in [0.29, 0.717) is 35.9 Å². The van der Waals surface area contributed by atoms with Crippen LogP contribution in [0, 0.1) is 0 Å². The number of allylic oxidation sites excluding steroid dienone is 8. The van der Waals surface area contributed by atoms with Crippen LogP contribution in [0.25, 0.3) is 11.0 Å². The second-order valence-electron chi connectivity index (χ2n) is 11.0. The number of carboxylic acid groups (broad SMARTS) is 1. The Bertz CT molecular complexity index is 1490. The van der Waals surface area contributed by atoms with Crippen molar-refractivity contribution in [3.8, 4) is 0 Å². The molecule has 1 amide bonds. The molecular formula is C32H36N2O6. The number of carbonyl (C=O) groups is 3. The molecule has 0 saturated heterocycles. The Kier molecular flexibility index (Phi) is 8.87. The number of Topliss-reactive ketones (excluding diaryl/α,β-unsaturated/α-hetero) is 1. The van der Waals surface area contributed by atoms with Crippen LogP contribution in [0.5, 0.6) is 0 Å². The summed E-state index contributed by atoms with van der Waals surface area (Å²) in [5.41, 5.74) is 1.97. The molecule has 1 aliphatic carbocycles. The molecule has 2 aliphatic rings. The van der Waals surface area contributed by atoms with E-state index in [1.165, 1.54) is 0 Å². The molecule has 0 saturated carbocycles. The van der Waals surface area contributed by atoms with Gasteiger partial charge in [0.05, 0.1) is 0 Å². The molecule has 1 unspecified atom stereocenters. The van der Waals surface area contributed by atoms with Crippen LogP contribution in [-0.2, 0) is 9.59 Å². The number of nitrogens with one attached hydrogen (secondary N) is 1. The van der Waals surface area contributed by atoms with E-state index < -0.39 is 17.5 Å². The summed E-state index contributed by atoms with van der Waals surface area (Å²) in [5, 5.41) is 12.5. The molecule has 1 aliphatic heterocycles. The molecule has 2 heterocycles. The zero-order valence-corrected chi connectivity index (χ0v) is 23.2. The first-order chi connectivity index (χ1) is 19.1. The zero-order valence-electron chi connectivity index (χ0n) is 23.2. The van der Waals surface area contributed by atoms with Gasteiger partial charge in [0.1, 0.15) is 11.1 Å². The number of amides is 1. The summed E-state index contributed by atoms with van der Waals surface area (Å²) in [4.78, 5) is 51.4. The Hall–Kier alpha value is -4.20. The van der Waals surface area contributed by atoms with Gasteiger partial charge in [-0.3, -0.25) is 14.4 Å². The van der Waals surface area contributed by atoms with Crippen molar-refractivity contribution in [1.82, 2.24) is 5.32 Å². The lowest BCUT2D eigenvalue weighted by Gasteiger charge is -2.47. The van der Waals surface area contributed by atoms with Gasteiger partial charge in [0.25, 0.3) is 5.91 Å². The van der Waals surface area contributed by atoms with Crippen molar-refractivity contribution < 1.29 is 23.9 Å². The molecule has 1 aromatic carbocycles. The number of hydrogen-bond donors (Lipinski definition) is 2. The Labute approximate surface area is 233 Å². The SMILES string of the molecule is CC1CC(C)(C)N(CCCC(=O)O)c2cc3oc(=O)c(C(=O)NCCCC(=O)C4=C/C=C\C=C/C=C4)cc3cc21. The van der Waals surface area contributed by atoms with Crippen LogP contribution in [0.1, 0.15) is 74.7 Å². The number of anilines is 1. The summed E-state index contributed by atoms with van der Waals surface area (Å²) >= 11 is 0. The second-order valence-corrected chi connectivity index (χ2v) is 11.0. The number of nitrogens with zero attached hydrogens (tertiary/aromatic N) is 1. The van der Waals surface area contributed by atoms with Crippen molar-refractivity contribution in [3.05, 3.63) is 87.9 Å². The monoisotopic (exact) mass is 544 g/mol. The molecule has 40 heavy (non-hydrogen) atoms. The zero-order chi connectivity index (χ0) is 28.9. The van der Waals surface area contributed by atoms with Gasteiger partial charge in [-0.1, -0.05) is 49.5 Å². The van der Waals surface area contributed by atoms with Crippen LogP contribution in [0.15, 0.2) is 75.5 Å². The summed E-state index contributed by atoms with van der Waals surface area (Å²) in [6.07, 6.45) is 14.9. The molecule has 2 aromatic rings. The third kappa shape index (κ3) is 6.68. The molecule has 0 fully saturated rings. The maximum Gasteiger partial charge on any atom is 0.349 e. The van der Waals surface area contributed by atoms with Crippen LogP contribution in [0.2, 0.25) is 0 Å². The molecule has 4 rings (SSSR count). The van der Waals surface area contributed by atoms with Gasteiger partial charge in [-0.05, 0) is 56.7 Å². The van der Waals surface area contributed by atoms with E-state index in [-0.39, 0.29) is 42.2 Å². The highest BCUT2D eigenvalue weighted by Gasteiger charge is 2.36. The Balaban J connectivity index is 1.47. The average Bonchev–Trinajstić information content (AvgIpc) is 2.86. The number of carbonyl (C=O) groups excluding carboxylic acids is 2. The van der Waals surface area contributed by atoms with Gasteiger partial charge in [-0.2, -0.15) is 0 Å². The topological polar surface area (TPSA) is 117 Å². The first kappa shape index (κ1) is 28.8. The maximum atomic E-state index is 12.9. The smallest absolute Gasteiger partial charge is 0.349 e. The maximum absolute atomic E-state index is 12.9. The van der Waals surface area contributed by atoms with E-state index in [4.69, 9.17) is 9.52 Å². The van der Waals surface area contributed by atoms with Gasteiger partial charge in [-0.15, -0.1) is 0 Å². The van der Waals surface area contributed by atoms with Crippen molar-refractivity contribution in [1.29, 1.82) is 0 Å². The largest absolute Gasteiger partial charge is 0.481 e. The number of ketones is 1. The molecule has 8 heteroatoms. The molecule has 2 N–H and O–H groups in total. The second kappa shape index (κ2) is 12.3. The first-order valence-electron chi connectivity index (χ1n) is 13.7. The Morgan fingerprint density at radius 3 is 2.58 bits per heavy atom.